The van der Waals surface area contributed by atoms with Gasteiger partial charge in [0.1, 0.15) is 6.10 Å². The quantitative estimate of drug-likeness (QED) is 0.690. The first-order valence-electron chi connectivity index (χ1n) is 8.82. The molecule has 0 unspecified atom stereocenters. The smallest absolute Gasteiger partial charge is 0.162 e. The van der Waals surface area contributed by atoms with Gasteiger partial charge in [-0.05, 0) is 67.6 Å². The zero-order valence-electron chi connectivity index (χ0n) is 13.3. The molecule has 21 heavy (non-hydrogen) atoms. The van der Waals surface area contributed by atoms with Gasteiger partial charge < -0.3 is 5.11 Å². The number of carbonyl (C=O) groups is 1. The molecule has 0 bridgehead atoms. The van der Waals surface area contributed by atoms with Gasteiger partial charge in [-0.15, -0.1) is 0 Å². The third kappa shape index (κ3) is 1.72. The van der Waals surface area contributed by atoms with E-state index in [4.69, 9.17) is 0 Å². The Morgan fingerprint density at radius 2 is 1.90 bits per heavy atom. The zero-order chi connectivity index (χ0) is 14.8. The Hall–Kier alpha value is -0.630. The highest BCUT2D eigenvalue weighted by molar-refractivity contribution is 5.86. The molecule has 0 spiro atoms. The lowest BCUT2D eigenvalue weighted by atomic mass is 9.46. The molecule has 3 fully saturated rings. The van der Waals surface area contributed by atoms with Crippen LogP contribution in [0.5, 0.6) is 0 Å². The van der Waals surface area contributed by atoms with Crippen molar-refractivity contribution in [2.24, 2.45) is 34.5 Å². The average molecular weight is 288 g/mol. The minimum Gasteiger partial charge on any atom is -0.385 e. The van der Waals surface area contributed by atoms with Crippen LogP contribution in [0.4, 0.5) is 0 Å². The SMILES string of the molecule is C[C@]12CC=CC[C@@H]1CC[C@@H]1[C@@H]2CC[C@]2(C)[C@@H](O)C(=O)C[C@@H]12. The summed E-state index contributed by atoms with van der Waals surface area (Å²) in [5, 5.41) is 10.4. The number of hydrogen-bond donors (Lipinski definition) is 1. The molecule has 4 aliphatic rings. The third-order valence-corrected chi connectivity index (χ3v) is 8.00. The predicted molar refractivity (Wildman–Crippen MR) is 82.6 cm³/mol. The van der Waals surface area contributed by atoms with Crippen molar-refractivity contribution >= 4 is 5.78 Å². The van der Waals surface area contributed by atoms with E-state index in [9.17, 15) is 9.90 Å². The molecule has 116 valence electrons. The zero-order valence-corrected chi connectivity index (χ0v) is 13.3. The maximum Gasteiger partial charge on any atom is 0.162 e. The summed E-state index contributed by atoms with van der Waals surface area (Å²) in [5.41, 5.74) is 0.307. The van der Waals surface area contributed by atoms with Gasteiger partial charge in [-0.2, -0.15) is 0 Å². The van der Waals surface area contributed by atoms with E-state index in [1.54, 1.807) is 0 Å². The summed E-state index contributed by atoms with van der Waals surface area (Å²) < 4.78 is 0. The van der Waals surface area contributed by atoms with E-state index < -0.39 is 6.10 Å². The minimum absolute atomic E-state index is 0.110. The largest absolute Gasteiger partial charge is 0.385 e. The lowest BCUT2D eigenvalue weighted by Gasteiger charge is -2.59. The molecule has 3 saturated carbocycles. The number of rotatable bonds is 0. The van der Waals surface area contributed by atoms with Crippen molar-refractivity contribution in [1.29, 1.82) is 0 Å². The molecule has 4 rings (SSSR count). The fourth-order valence-electron chi connectivity index (χ4n) is 6.61. The van der Waals surface area contributed by atoms with E-state index in [0.717, 1.165) is 18.3 Å². The van der Waals surface area contributed by atoms with Gasteiger partial charge in [0.15, 0.2) is 5.78 Å². The molecule has 4 aliphatic carbocycles. The fourth-order valence-corrected chi connectivity index (χ4v) is 6.61. The highest BCUT2D eigenvalue weighted by Gasteiger charge is 2.61. The molecule has 0 aromatic heterocycles. The highest BCUT2D eigenvalue weighted by atomic mass is 16.3. The van der Waals surface area contributed by atoms with Crippen LogP contribution >= 0.6 is 0 Å². The summed E-state index contributed by atoms with van der Waals surface area (Å²) in [6.07, 6.45) is 12.0. The van der Waals surface area contributed by atoms with Crippen LogP contribution in [0.1, 0.15) is 58.8 Å². The molecule has 0 aromatic carbocycles. The summed E-state index contributed by atoms with van der Waals surface area (Å²) in [6, 6.07) is 0. The van der Waals surface area contributed by atoms with Crippen LogP contribution in [0.2, 0.25) is 0 Å². The maximum atomic E-state index is 12.1. The van der Waals surface area contributed by atoms with Crippen molar-refractivity contribution in [3.8, 4) is 0 Å². The van der Waals surface area contributed by atoms with E-state index in [-0.39, 0.29) is 11.2 Å². The first kappa shape index (κ1) is 14.0. The van der Waals surface area contributed by atoms with Crippen molar-refractivity contribution in [3.63, 3.8) is 0 Å². The number of allylic oxidation sites excluding steroid dienone is 2. The highest BCUT2D eigenvalue weighted by Crippen LogP contribution is 2.65. The van der Waals surface area contributed by atoms with Gasteiger partial charge in [0, 0.05) is 11.8 Å². The summed E-state index contributed by atoms with van der Waals surface area (Å²) in [5.74, 6) is 2.81. The Balaban J connectivity index is 1.68. The van der Waals surface area contributed by atoms with Crippen molar-refractivity contribution in [1.82, 2.24) is 0 Å². The van der Waals surface area contributed by atoms with Crippen LogP contribution < -0.4 is 0 Å². The molecule has 2 nitrogen and oxygen atoms in total. The standard InChI is InChI=1S/C19H28O2/c1-18-9-4-3-5-12(18)6-7-13-14(18)8-10-19(2)15(13)11-16(20)17(19)21/h3-4,12-15,17,21H,5-11H2,1-2H3/t12-,13-,14+,15+,17+,18+,19+/m1/s1. The summed E-state index contributed by atoms with van der Waals surface area (Å²) >= 11 is 0. The second-order valence-corrected chi connectivity index (χ2v) is 8.69. The number of aliphatic hydroxyl groups is 1. The van der Waals surface area contributed by atoms with Gasteiger partial charge in [-0.3, -0.25) is 4.79 Å². The van der Waals surface area contributed by atoms with Gasteiger partial charge in [0.05, 0.1) is 0 Å². The second-order valence-electron chi connectivity index (χ2n) is 8.69. The van der Waals surface area contributed by atoms with E-state index in [1.165, 1.54) is 32.1 Å². The van der Waals surface area contributed by atoms with Gasteiger partial charge in [-0.1, -0.05) is 26.0 Å². The van der Waals surface area contributed by atoms with Crippen molar-refractivity contribution < 1.29 is 9.90 Å². The number of aliphatic hydroxyl groups excluding tert-OH is 1. The van der Waals surface area contributed by atoms with Crippen LogP contribution in [0, 0.1) is 34.5 Å². The van der Waals surface area contributed by atoms with Crippen molar-refractivity contribution in [2.75, 3.05) is 0 Å². The second kappa shape index (κ2) is 4.44. The topological polar surface area (TPSA) is 37.3 Å². The molecule has 0 aliphatic heterocycles. The van der Waals surface area contributed by atoms with Gasteiger partial charge in [-0.25, -0.2) is 0 Å². The number of Topliss-reactive ketones (excluding diaryl/α,β-unsaturated/α-hetero) is 1. The third-order valence-electron chi connectivity index (χ3n) is 8.00. The van der Waals surface area contributed by atoms with Gasteiger partial charge >= 0.3 is 0 Å². The summed E-state index contributed by atoms with van der Waals surface area (Å²) in [7, 11) is 0. The number of fused-ring (bicyclic) bond motifs is 5. The molecule has 0 saturated heterocycles. The fraction of sp³-hybridized carbons (Fsp3) is 0.842. The molecule has 1 N–H and O–H groups in total. The Labute approximate surface area is 128 Å². The lowest BCUT2D eigenvalue weighted by Crippen LogP contribution is -2.52. The predicted octanol–water partition coefficient (Wildman–Crippen LogP) is 3.74. The van der Waals surface area contributed by atoms with E-state index in [2.05, 4.69) is 26.0 Å². The maximum absolute atomic E-state index is 12.1. The average Bonchev–Trinajstić information content (AvgIpc) is 2.70. The molecule has 2 heteroatoms. The van der Waals surface area contributed by atoms with E-state index in [1.807, 2.05) is 0 Å². The Bertz CT molecular complexity index is 496. The number of ketones is 1. The Morgan fingerprint density at radius 3 is 2.71 bits per heavy atom. The molecule has 0 amide bonds. The first-order chi connectivity index (χ1) is 9.97. The Morgan fingerprint density at radius 1 is 1.10 bits per heavy atom. The van der Waals surface area contributed by atoms with Gasteiger partial charge in [0.2, 0.25) is 0 Å². The van der Waals surface area contributed by atoms with E-state index >= 15 is 0 Å². The summed E-state index contributed by atoms with van der Waals surface area (Å²) in [6.45, 7) is 4.69. The normalized spacial score (nSPS) is 55.8. The lowest BCUT2D eigenvalue weighted by molar-refractivity contribution is -0.130. The first-order valence-corrected chi connectivity index (χ1v) is 8.82. The van der Waals surface area contributed by atoms with Crippen molar-refractivity contribution in [3.05, 3.63) is 12.2 Å². The molecule has 0 radical (unpaired) electrons. The van der Waals surface area contributed by atoms with E-state index in [0.29, 0.717) is 23.7 Å². The Kier molecular flexibility index (Phi) is 2.96. The van der Waals surface area contributed by atoms with Crippen LogP contribution in [-0.2, 0) is 4.79 Å². The molecule has 0 aromatic rings. The van der Waals surface area contributed by atoms with Gasteiger partial charge in [0.25, 0.3) is 0 Å². The minimum atomic E-state index is -0.694. The van der Waals surface area contributed by atoms with Crippen molar-refractivity contribution in [2.45, 2.75) is 64.9 Å². The van der Waals surface area contributed by atoms with Crippen LogP contribution in [0.3, 0.4) is 0 Å². The van der Waals surface area contributed by atoms with Crippen LogP contribution in [0.25, 0.3) is 0 Å². The molecule has 0 heterocycles. The molecular formula is C19H28O2. The summed E-state index contributed by atoms with van der Waals surface area (Å²) in [4.78, 5) is 12.1. The van der Waals surface area contributed by atoms with Crippen LogP contribution in [-0.4, -0.2) is 17.0 Å². The number of carbonyl (C=O) groups excluding carboxylic acids is 1. The van der Waals surface area contributed by atoms with Crippen LogP contribution in [0.15, 0.2) is 12.2 Å². The molecule has 7 atom stereocenters. The number of hydrogen-bond acceptors (Lipinski definition) is 2. The monoisotopic (exact) mass is 288 g/mol. The molecular weight excluding hydrogens is 260 g/mol.